The minimum atomic E-state index is 0.318. The summed E-state index contributed by atoms with van der Waals surface area (Å²) in [5, 5.41) is 3.59. The van der Waals surface area contributed by atoms with Crippen molar-refractivity contribution in [3.05, 3.63) is 11.6 Å². The van der Waals surface area contributed by atoms with Crippen molar-refractivity contribution >= 4 is 0 Å². The summed E-state index contributed by atoms with van der Waals surface area (Å²) < 4.78 is 5.25. The molecule has 0 aliphatic carbocycles. The first-order valence-electron chi connectivity index (χ1n) is 6.73. The van der Waals surface area contributed by atoms with Gasteiger partial charge in [0.2, 0.25) is 0 Å². The highest BCUT2D eigenvalue weighted by Crippen LogP contribution is 2.10. The van der Waals surface area contributed by atoms with Crippen molar-refractivity contribution in [2.45, 2.75) is 45.8 Å². The summed E-state index contributed by atoms with van der Waals surface area (Å²) in [6.45, 7) is 10.9. The molecule has 17 heavy (non-hydrogen) atoms. The number of nitrogens with zero attached hydrogens (tertiary/aromatic N) is 1. The van der Waals surface area contributed by atoms with Gasteiger partial charge >= 0.3 is 0 Å². The molecule has 1 N–H and O–H groups in total. The summed E-state index contributed by atoms with van der Waals surface area (Å²) in [7, 11) is 1.77. The van der Waals surface area contributed by atoms with Gasteiger partial charge in [-0.2, -0.15) is 0 Å². The van der Waals surface area contributed by atoms with E-state index in [0.717, 1.165) is 13.1 Å². The summed E-state index contributed by atoms with van der Waals surface area (Å²) in [5.41, 5.74) is 1.42. The van der Waals surface area contributed by atoms with Gasteiger partial charge in [-0.3, -0.25) is 4.90 Å². The third kappa shape index (κ3) is 6.20. The van der Waals surface area contributed by atoms with Crippen LogP contribution in [0.1, 0.15) is 33.6 Å². The molecule has 0 spiro atoms. The van der Waals surface area contributed by atoms with Crippen molar-refractivity contribution in [2.24, 2.45) is 0 Å². The van der Waals surface area contributed by atoms with Gasteiger partial charge in [0.1, 0.15) is 0 Å². The van der Waals surface area contributed by atoms with E-state index in [4.69, 9.17) is 4.74 Å². The fourth-order valence-electron chi connectivity index (χ4n) is 2.05. The minimum Gasteiger partial charge on any atom is -0.380 e. The quantitative estimate of drug-likeness (QED) is 0.719. The molecule has 1 aliphatic rings. The molecule has 0 aromatic carbocycles. The van der Waals surface area contributed by atoms with Gasteiger partial charge in [0, 0.05) is 26.2 Å². The number of nitrogens with one attached hydrogen (secondary N) is 1. The predicted octanol–water partition coefficient (Wildman–Crippen LogP) is 2.04. The molecule has 0 bridgehead atoms. The molecule has 0 aromatic heterocycles. The first-order valence-corrected chi connectivity index (χ1v) is 6.73. The molecular weight excluding hydrogens is 212 g/mol. The Morgan fingerprint density at radius 2 is 2.06 bits per heavy atom. The van der Waals surface area contributed by atoms with E-state index in [2.05, 4.69) is 37.1 Å². The molecule has 1 saturated heterocycles. The Bertz CT molecular complexity index is 228. The predicted molar refractivity (Wildman–Crippen MR) is 73.4 cm³/mol. The molecule has 3 heteroatoms. The molecular formula is C14H28N2O. The first kappa shape index (κ1) is 14.7. The molecule has 100 valence electrons. The molecule has 1 unspecified atom stereocenters. The largest absolute Gasteiger partial charge is 0.380 e. The maximum absolute atomic E-state index is 5.25. The van der Waals surface area contributed by atoms with Crippen molar-refractivity contribution in [1.82, 2.24) is 10.2 Å². The molecule has 3 nitrogen and oxygen atoms in total. The number of likely N-dealkylation sites (tertiary alicyclic amines) is 1. The minimum absolute atomic E-state index is 0.318. The highest BCUT2D eigenvalue weighted by molar-refractivity contribution is 4.95. The van der Waals surface area contributed by atoms with E-state index in [1.54, 1.807) is 7.11 Å². The summed E-state index contributed by atoms with van der Waals surface area (Å²) in [5.74, 6) is 0. The zero-order valence-electron chi connectivity index (χ0n) is 11.8. The topological polar surface area (TPSA) is 24.5 Å². The lowest BCUT2D eigenvalue weighted by atomic mass is 10.0. The van der Waals surface area contributed by atoms with Gasteiger partial charge in [0.05, 0.1) is 6.10 Å². The van der Waals surface area contributed by atoms with Crippen molar-refractivity contribution in [2.75, 3.05) is 33.3 Å². The maximum atomic E-state index is 5.25. The molecule has 1 aliphatic heterocycles. The monoisotopic (exact) mass is 240 g/mol. The highest BCUT2D eigenvalue weighted by Gasteiger charge is 2.18. The molecule has 0 radical (unpaired) electrons. The van der Waals surface area contributed by atoms with Crippen LogP contribution in [0.3, 0.4) is 0 Å². The van der Waals surface area contributed by atoms with E-state index in [0.29, 0.717) is 12.1 Å². The molecule has 0 aromatic rings. The van der Waals surface area contributed by atoms with Crippen LogP contribution in [0.15, 0.2) is 11.6 Å². The second kappa shape index (κ2) is 7.85. The maximum Gasteiger partial charge on any atom is 0.0667 e. The smallest absolute Gasteiger partial charge is 0.0667 e. The van der Waals surface area contributed by atoms with Crippen LogP contribution in [0.25, 0.3) is 0 Å². The van der Waals surface area contributed by atoms with Gasteiger partial charge in [0.15, 0.2) is 0 Å². The standard InChI is InChI=1S/C14H28N2O/c1-12(2)5-8-16-9-6-14(7-10-16)15-11-13(3)17-4/h5,13-15H,6-11H2,1-4H3. The molecule has 0 saturated carbocycles. The van der Waals surface area contributed by atoms with E-state index in [1.807, 2.05) is 0 Å². The number of hydrogen-bond donors (Lipinski definition) is 1. The van der Waals surface area contributed by atoms with Gasteiger partial charge in [-0.05, 0) is 46.7 Å². The van der Waals surface area contributed by atoms with E-state index in [-0.39, 0.29) is 0 Å². The fourth-order valence-corrected chi connectivity index (χ4v) is 2.05. The van der Waals surface area contributed by atoms with E-state index >= 15 is 0 Å². The average Bonchev–Trinajstić information content (AvgIpc) is 2.34. The van der Waals surface area contributed by atoms with Crippen LogP contribution in [0.5, 0.6) is 0 Å². The van der Waals surface area contributed by atoms with Crippen LogP contribution in [0.2, 0.25) is 0 Å². The number of hydrogen-bond acceptors (Lipinski definition) is 3. The van der Waals surface area contributed by atoms with E-state index in [1.165, 1.54) is 31.5 Å². The van der Waals surface area contributed by atoms with Gasteiger partial charge in [0.25, 0.3) is 0 Å². The third-order valence-corrected chi connectivity index (χ3v) is 3.44. The Kier molecular flexibility index (Phi) is 6.78. The lowest BCUT2D eigenvalue weighted by Gasteiger charge is -2.32. The van der Waals surface area contributed by atoms with Gasteiger partial charge in [-0.15, -0.1) is 0 Å². The SMILES string of the molecule is COC(C)CNC1CCN(CC=C(C)C)CC1. The van der Waals surface area contributed by atoms with Crippen molar-refractivity contribution in [3.63, 3.8) is 0 Å². The highest BCUT2D eigenvalue weighted by atomic mass is 16.5. The molecule has 1 rings (SSSR count). The molecule has 1 fully saturated rings. The van der Waals surface area contributed by atoms with E-state index in [9.17, 15) is 0 Å². The number of allylic oxidation sites excluding steroid dienone is 1. The van der Waals surface area contributed by atoms with Crippen LogP contribution in [0, 0.1) is 0 Å². The lowest BCUT2D eigenvalue weighted by molar-refractivity contribution is 0.109. The number of ether oxygens (including phenoxy) is 1. The van der Waals surface area contributed by atoms with Crippen molar-refractivity contribution < 1.29 is 4.74 Å². The zero-order valence-corrected chi connectivity index (χ0v) is 11.8. The summed E-state index contributed by atoms with van der Waals surface area (Å²) >= 11 is 0. The third-order valence-electron chi connectivity index (χ3n) is 3.44. The second-order valence-corrected chi connectivity index (χ2v) is 5.31. The Hall–Kier alpha value is -0.380. The van der Waals surface area contributed by atoms with Crippen LogP contribution >= 0.6 is 0 Å². The fraction of sp³-hybridized carbons (Fsp3) is 0.857. The summed E-state index contributed by atoms with van der Waals surface area (Å²) in [4.78, 5) is 2.53. The van der Waals surface area contributed by atoms with Gasteiger partial charge in [-0.25, -0.2) is 0 Å². The van der Waals surface area contributed by atoms with Crippen molar-refractivity contribution in [1.29, 1.82) is 0 Å². The van der Waals surface area contributed by atoms with Crippen LogP contribution in [-0.2, 0) is 4.74 Å². The van der Waals surface area contributed by atoms with Crippen LogP contribution in [-0.4, -0.2) is 50.3 Å². The molecule has 0 amide bonds. The normalized spacial score (nSPS) is 20.2. The zero-order chi connectivity index (χ0) is 12.7. The Morgan fingerprint density at radius 1 is 1.41 bits per heavy atom. The van der Waals surface area contributed by atoms with Gasteiger partial charge < -0.3 is 10.1 Å². The first-order chi connectivity index (χ1) is 8.11. The Labute approximate surface area is 106 Å². The summed E-state index contributed by atoms with van der Waals surface area (Å²) in [6.07, 6.45) is 5.15. The van der Waals surface area contributed by atoms with Crippen molar-refractivity contribution in [3.8, 4) is 0 Å². The van der Waals surface area contributed by atoms with E-state index < -0.39 is 0 Å². The van der Waals surface area contributed by atoms with Crippen LogP contribution < -0.4 is 5.32 Å². The Balaban J connectivity index is 2.15. The lowest BCUT2D eigenvalue weighted by Crippen LogP contribution is -2.44. The second-order valence-electron chi connectivity index (χ2n) is 5.31. The molecule has 1 atom stereocenters. The Morgan fingerprint density at radius 3 is 2.59 bits per heavy atom. The summed E-state index contributed by atoms with van der Waals surface area (Å²) in [6, 6.07) is 0.676. The average molecular weight is 240 g/mol. The molecule has 1 heterocycles. The van der Waals surface area contributed by atoms with Gasteiger partial charge in [-0.1, -0.05) is 11.6 Å². The number of methoxy groups -OCH3 is 1. The van der Waals surface area contributed by atoms with Crippen LogP contribution in [0.4, 0.5) is 0 Å². The number of piperidine rings is 1. The number of rotatable bonds is 6.